The summed E-state index contributed by atoms with van der Waals surface area (Å²) in [4.78, 5) is 11.9. The first-order valence-corrected chi connectivity index (χ1v) is 9.02. The van der Waals surface area contributed by atoms with E-state index in [2.05, 4.69) is 10.5 Å². The molecule has 3 aromatic carbocycles. The fourth-order valence-corrected chi connectivity index (χ4v) is 2.65. The average Bonchev–Trinajstić information content (AvgIpc) is 2.78. The second kappa shape index (κ2) is 9.94. The normalized spacial score (nSPS) is 10.6. The van der Waals surface area contributed by atoms with Crippen LogP contribution in [0.3, 0.4) is 0 Å². The molecule has 0 radical (unpaired) electrons. The maximum atomic E-state index is 11.9. The molecule has 0 aliphatic heterocycles. The molecule has 0 aliphatic carbocycles. The van der Waals surface area contributed by atoms with E-state index in [1.807, 2.05) is 54.6 Å². The molecule has 0 heterocycles. The van der Waals surface area contributed by atoms with Crippen LogP contribution in [0.1, 0.15) is 5.56 Å². The Kier molecular flexibility index (Phi) is 6.84. The minimum absolute atomic E-state index is 0.137. The average molecular weight is 390 g/mol. The van der Waals surface area contributed by atoms with Crippen LogP contribution in [0.5, 0.6) is 17.2 Å². The molecule has 0 spiro atoms. The number of carbonyl (C=O) groups excluding carboxylic acids is 1. The van der Waals surface area contributed by atoms with Crippen LogP contribution >= 0.6 is 0 Å². The zero-order chi connectivity index (χ0) is 20.5. The standard InChI is InChI=1S/C23H22N2O4/c1-27-21-13-10-19(22(14-21)28-2)15-24-25-23(26)16-29-20-11-8-18(9-12-20)17-6-4-3-5-7-17/h3-15H,16H2,1-2H3,(H,25,26)/b24-15-. The van der Waals surface area contributed by atoms with E-state index >= 15 is 0 Å². The number of amides is 1. The molecule has 0 saturated carbocycles. The molecule has 6 nitrogen and oxygen atoms in total. The molecule has 0 unspecified atom stereocenters. The number of nitrogens with one attached hydrogen (secondary N) is 1. The van der Waals surface area contributed by atoms with E-state index < -0.39 is 0 Å². The lowest BCUT2D eigenvalue weighted by Gasteiger charge is -2.08. The van der Waals surface area contributed by atoms with Gasteiger partial charge in [0.2, 0.25) is 0 Å². The van der Waals surface area contributed by atoms with Crippen LogP contribution in [0.4, 0.5) is 0 Å². The van der Waals surface area contributed by atoms with Crippen LogP contribution in [0.15, 0.2) is 77.9 Å². The van der Waals surface area contributed by atoms with Crippen LogP contribution in [0.2, 0.25) is 0 Å². The Morgan fingerprint density at radius 2 is 1.59 bits per heavy atom. The Morgan fingerprint density at radius 1 is 0.897 bits per heavy atom. The third-order valence-corrected chi connectivity index (χ3v) is 4.16. The van der Waals surface area contributed by atoms with Gasteiger partial charge in [-0.3, -0.25) is 4.79 Å². The fourth-order valence-electron chi connectivity index (χ4n) is 2.65. The van der Waals surface area contributed by atoms with Gasteiger partial charge in [-0.05, 0) is 35.4 Å². The van der Waals surface area contributed by atoms with Crippen molar-refractivity contribution in [3.05, 3.63) is 78.4 Å². The largest absolute Gasteiger partial charge is 0.497 e. The summed E-state index contributed by atoms with van der Waals surface area (Å²) in [6.45, 7) is -0.137. The summed E-state index contributed by atoms with van der Waals surface area (Å²) in [5.74, 6) is 1.52. The van der Waals surface area contributed by atoms with Crippen molar-refractivity contribution in [2.24, 2.45) is 5.10 Å². The lowest BCUT2D eigenvalue weighted by molar-refractivity contribution is -0.123. The highest BCUT2D eigenvalue weighted by molar-refractivity contribution is 5.85. The van der Waals surface area contributed by atoms with E-state index in [1.165, 1.54) is 6.21 Å². The van der Waals surface area contributed by atoms with Crippen molar-refractivity contribution in [1.82, 2.24) is 5.43 Å². The smallest absolute Gasteiger partial charge is 0.277 e. The first kappa shape index (κ1) is 19.9. The summed E-state index contributed by atoms with van der Waals surface area (Å²) >= 11 is 0. The summed E-state index contributed by atoms with van der Waals surface area (Å²) in [6.07, 6.45) is 1.50. The number of hydrogen-bond donors (Lipinski definition) is 1. The van der Waals surface area contributed by atoms with Crippen LogP contribution in [-0.4, -0.2) is 32.9 Å². The maximum absolute atomic E-state index is 11.9. The lowest BCUT2D eigenvalue weighted by Crippen LogP contribution is -2.24. The van der Waals surface area contributed by atoms with E-state index in [4.69, 9.17) is 14.2 Å². The van der Waals surface area contributed by atoms with Gasteiger partial charge in [-0.15, -0.1) is 0 Å². The van der Waals surface area contributed by atoms with E-state index in [9.17, 15) is 4.79 Å². The SMILES string of the molecule is COc1ccc(/C=N\NC(=O)COc2ccc(-c3ccccc3)cc2)c(OC)c1. The molecule has 0 fully saturated rings. The highest BCUT2D eigenvalue weighted by Gasteiger charge is 2.05. The molecule has 0 atom stereocenters. The molecule has 6 heteroatoms. The van der Waals surface area contributed by atoms with Crippen molar-refractivity contribution in [2.45, 2.75) is 0 Å². The number of methoxy groups -OCH3 is 2. The minimum atomic E-state index is -0.360. The van der Waals surface area contributed by atoms with Gasteiger partial charge in [0, 0.05) is 11.6 Å². The first-order valence-electron chi connectivity index (χ1n) is 9.02. The summed E-state index contributed by atoms with van der Waals surface area (Å²) in [6, 6.07) is 22.9. The Morgan fingerprint density at radius 3 is 2.28 bits per heavy atom. The van der Waals surface area contributed by atoms with E-state index in [1.54, 1.807) is 32.4 Å². The monoisotopic (exact) mass is 390 g/mol. The third kappa shape index (κ3) is 5.59. The number of ether oxygens (including phenoxy) is 3. The van der Waals surface area contributed by atoms with Crippen molar-refractivity contribution in [3.63, 3.8) is 0 Å². The fraction of sp³-hybridized carbons (Fsp3) is 0.130. The minimum Gasteiger partial charge on any atom is -0.497 e. The van der Waals surface area contributed by atoms with Crippen molar-refractivity contribution in [3.8, 4) is 28.4 Å². The van der Waals surface area contributed by atoms with Crippen LogP contribution in [0.25, 0.3) is 11.1 Å². The van der Waals surface area contributed by atoms with Gasteiger partial charge >= 0.3 is 0 Å². The Balaban J connectivity index is 1.51. The molecule has 3 aromatic rings. The molecule has 0 aromatic heterocycles. The number of nitrogens with zero attached hydrogens (tertiary/aromatic N) is 1. The van der Waals surface area contributed by atoms with Crippen molar-refractivity contribution in [2.75, 3.05) is 20.8 Å². The Labute approximate surface area is 169 Å². The van der Waals surface area contributed by atoms with Gasteiger partial charge in [0.15, 0.2) is 6.61 Å². The summed E-state index contributed by atoms with van der Waals surface area (Å²) in [5, 5.41) is 3.95. The summed E-state index contributed by atoms with van der Waals surface area (Å²) < 4.78 is 15.9. The topological polar surface area (TPSA) is 69.2 Å². The molecule has 1 amide bonds. The molecular formula is C23H22N2O4. The zero-order valence-electron chi connectivity index (χ0n) is 16.3. The molecule has 29 heavy (non-hydrogen) atoms. The van der Waals surface area contributed by atoms with Gasteiger partial charge < -0.3 is 14.2 Å². The number of benzene rings is 3. The maximum Gasteiger partial charge on any atom is 0.277 e. The van der Waals surface area contributed by atoms with Gasteiger partial charge in [0.05, 0.1) is 20.4 Å². The van der Waals surface area contributed by atoms with Gasteiger partial charge in [-0.1, -0.05) is 42.5 Å². The van der Waals surface area contributed by atoms with E-state index in [0.717, 1.165) is 11.1 Å². The van der Waals surface area contributed by atoms with Crippen molar-refractivity contribution in [1.29, 1.82) is 0 Å². The highest BCUT2D eigenvalue weighted by atomic mass is 16.5. The van der Waals surface area contributed by atoms with Crippen LogP contribution in [0, 0.1) is 0 Å². The number of hydrogen-bond acceptors (Lipinski definition) is 5. The van der Waals surface area contributed by atoms with Gasteiger partial charge in [-0.25, -0.2) is 5.43 Å². The molecule has 1 N–H and O–H groups in total. The second-order valence-electron chi connectivity index (χ2n) is 6.08. The predicted molar refractivity (Wildman–Crippen MR) is 113 cm³/mol. The first-order chi connectivity index (χ1) is 14.2. The lowest BCUT2D eigenvalue weighted by atomic mass is 10.1. The van der Waals surface area contributed by atoms with Gasteiger partial charge in [-0.2, -0.15) is 5.10 Å². The van der Waals surface area contributed by atoms with Gasteiger partial charge in [0.1, 0.15) is 17.2 Å². The van der Waals surface area contributed by atoms with E-state index in [0.29, 0.717) is 22.8 Å². The van der Waals surface area contributed by atoms with Crippen molar-refractivity contribution < 1.29 is 19.0 Å². The summed E-state index contributed by atoms with van der Waals surface area (Å²) in [7, 11) is 3.14. The Bertz CT molecular complexity index is 970. The summed E-state index contributed by atoms with van der Waals surface area (Å²) in [5.41, 5.74) is 5.36. The van der Waals surface area contributed by atoms with E-state index in [-0.39, 0.29) is 12.5 Å². The van der Waals surface area contributed by atoms with Crippen molar-refractivity contribution >= 4 is 12.1 Å². The van der Waals surface area contributed by atoms with Gasteiger partial charge in [0.25, 0.3) is 5.91 Å². The predicted octanol–water partition coefficient (Wildman–Crippen LogP) is 3.90. The number of rotatable bonds is 8. The molecular weight excluding hydrogens is 368 g/mol. The molecule has 3 rings (SSSR count). The zero-order valence-corrected chi connectivity index (χ0v) is 16.3. The number of hydrazone groups is 1. The molecule has 148 valence electrons. The second-order valence-corrected chi connectivity index (χ2v) is 6.08. The van der Waals surface area contributed by atoms with Crippen LogP contribution in [-0.2, 0) is 4.79 Å². The number of carbonyl (C=O) groups is 1. The molecule has 0 bridgehead atoms. The quantitative estimate of drug-likeness (QED) is 0.468. The van der Waals surface area contributed by atoms with Crippen LogP contribution < -0.4 is 19.6 Å². The molecule has 0 aliphatic rings. The third-order valence-electron chi connectivity index (χ3n) is 4.16. The molecule has 0 saturated heterocycles. The highest BCUT2D eigenvalue weighted by Crippen LogP contribution is 2.23. The Hall–Kier alpha value is -3.80.